The van der Waals surface area contributed by atoms with Gasteiger partial charge in [-0.15, -0.1) is 0 Å². The van der Waals surface area contributed by atoms with Gasteiger partial charge in [0.2, 0.25) is 5.91 Å². The van der Waals surface area contributed by atoms with Crippen LogP contribution in [0.5, 0.6) is 0 Å². The zero-order valence-corrected chi connectivity index (χ0v) is 13.1. The first-order valence-corrected chi connectivity index (χ1v) is 8.43. The number of rotatable bonds is 4. The second-order valence-electron chi connectivity index (χ2n) is 6.60. The summed E-state index contributed by atoms with van der Waals surface area (Å²) in [5.41, 5.74) is 1.04. The quantitative estimate of drug-likeness (QED) is 0.799. The Morgan fingerprint density at radius 1 is 1.52 bits per heavy atom. The molecule has 3 rings (SSSR count). The first-order valence-electron chi connectivity index (χ1n) is 8.43. The number of carbonyl (C=O) groups is 1. The zero-order valence-electron chi connectivity index (χ0n) is 13.1. The van der Waals surface area contributed by atoms with Crippen molar-refractivity contribution in [3.05, 3.63) is 11.6 Å². The van der Waals surface area contributed by atoms with Crippen LogP contribution in [-0.4, -0.2) is 49.8 Å². The molecule has 2 saturated heterocycles. The molecule has 0 aromatic rings. The largest absolute Gasteiger partial charge is 0.381 e. The fraction of sp³-hybridized carbons (Fsp3) is 0.824. The van der Waals surface area contributed by atoms with Gasteiger partial charge in [-0.05, 0) is 45.4 Å². The summed E-state index contributed by atoms with van der Waals surface area (Å²) in [4.78, 5) is 14.7. The molecule has 0 N–H and O–H groups in total. The topological polar surface area (TPSA) is 38.8 Å². The maximum atomic E-state index is 12.7. The van der Waals surface area contributed by atoms with Crippen molar-refractivity contribution in [2.45, 2.75) is 51.6 Å². The highest BCUT2D eigenvalue weighted by molar-refractivity contribution is 5.93. The number of amides is 1. The molecule has 2 heterocycles. The van der Waals surface area contributed by atoms with Crippen LogP contribution in [0.2, 0.25) is 0 Å². The van der Waals surface area contributed by atoms with Crippen molar-refractivity contribution in [3.63, 3.8) is 0 Å². The average Bonchev–Trinajstić information content (AvgIpc) is 3.06. The molecule has 2 unspecified atom stereocenters. The summed E-state index contributed by atoms with van der Waals surface area (Å²) in [6, 6.07) is 0. The number of likely N-dealkylation sites (tertiary alicyclic amines) is 1. The molecule has 21 heavy (non-hydrogen) atoms. The maximum Gasteiger partial charge on any atom is 0.249 e. The minimum absolute atomic E-state index is 0.0152. The Balaban J connectivity index is 1.72. The number of ether oxygens (including phenoxy) is 2. The van der Waals surface area contributed by atoms with Crippen LogP contribution in [0.3, 0.4) is 0 Å². The van der Waals surface area contributed by atoms with E-state index in [0.29, 0.717) is 0 Å². The van der Waals surface area contributed by atoms with E-state index in [0.717, 1.165) is 77.0 Å². The lowest BCUT2D eigenvalue weighted by atomic mass is 9.73. The van der Waals surface area contributed by atoms with Crippen LogP contribution in [0.4, 0.5) is 0 Å². The summed E-state index contributed by atoms with van der Waals surface area (Å²) in [7, 11) is 0. The van der Waals surface area contributed by atoms with Gasteiger partial charge in [-0.2, -0.15) is 0 Å². The Morgan fingerprint density at radius 3 is 3.19 bits per heavy atom. The van der Waals surface area contributed by atoms with E-state index in [2.05, 4.69) is 11.0 Å². The molecule has 4 nitrogen and oxygen atoms in total. The minimum atomic E-state index is 0.0152. The van der Waals surface area contributed by atoms with Crippen LogP contribution in [0.1, 0.15) is 45.4 Å². The zero-order chi connectivity index (χ0) is 14.7. The number of hydrogen-bond donors (Lipinski definition) is 0. The molecule has 0 saturated carbocycles. The fourth-order valence-electron chi connectivity index (χ4n) is 4.05. The highest BCUT2D eigenvalue weighted by Crippen LogP contribution is 2.41. The molecule has 1 aliphatic carbocycles. The Bertz CT molecular complexity index is 420. The third-order valence-electron chi connectivity index (χ3n) is 5.18. The van der Waals surface area contributed by atoms with Crippen LogP contribution < -0.4 is 0 Å². The Morgan fingerprint density at radius 2 is 2.43 bits per heavy atom. The number of carbonyl (C=O) groups excluding carboxylic acids is 1. The Hall–Kier alpha value is -0.870. The first-order chi connectivity index (χ1) is 10.2. The summed E-state index contributed by atoms with van der Waals surface area (Å²) in [6.45, 7) is 5.97. The van der Waals surface area contributed by atoms with Gasteiger partial charge in [-0.3, -0.25) is 4.79 Å². The Kier molecular flexibility index (Phi) is 4.65. The summed E-state index contributed by atoms with van der Waals surface area (Å²) in [6.07, 6.45) is 8.67. The van der Waals surface area contributed by atoms with Gasteiger partial charge in [0.25, 0.3) is 0 Å². The van der Waals surface area contributed by atoms with E-state index in [9.17, 15) is 4.79 Å². The number of fused-ring (bicyclic) bond motifs is 1. The number of piperidine rings is 1. The van der Waals surface area contributed by atoms with Crippen molar-refractivity contribution in [1.82, 2.24) is 4.90 Å². The van der Waals surface area contributed by atoms with E-state index in [4.69, 9.17) is 9.47 Å². The Labute approximate surface area is 127 Å². The molecule has 0 aromatic heterocycles. The van der Waals surface area contributed by atoms with Gasteiger partial charge in [0.15, 0.2) is 0 Å². The predicted octanol–water partition coefficient (Wildman–Crippen LogP) is 2.53. The van der Waals surface area contributed by atoms with Gasteiger partial charge < -0.3 is 14.4 Å². The molecule has 3 aliphatic rings. The normalized spacial score (nSPS) is 32.7. The van der Waals surface area contributed by atoms with Crippen molar-refractivity contribution in [2.75, 3.05) is 32.9 Å². The molecule has 4 heteroatoms. The van der Waals surface area contributed by atoms with Crippen LogP contribution >= 0.6 is 0 Å². The molecule has 2 aliphatic heterocycles. The number of nitrogens with zero attached hydrogens (tertiary/aromatic N) is 1. The number of allylic oxidation sites excluding steroid dienone is 1. The lowest BCUT2D eigenvalue weighted by Gasteiger charge is -2.50. The van der Waals surface area contributed by atoms with Crippen molar-refractivity contribution in [3.8, 4) is 0 Å². The van der Waals surface area contributed by atoms with E-state index in [1.54, 1.807) is 0 Å². The third-order valence-corrected chi connectivity index (χ3v) is 5.18. The van der Waals surface area contributed by atoms with Gasteiger partial charge in [0.05, 0.1) is 12.7 Å². The van der Waals surface area contributed by atoms with Crippen molar-refractivity contribution < 1.29 is 14.3 Å². The van der Waals surface area contributed by atoms with E-state index < -0.39 is 0 Å². The van der Waals surface area contributed by atoms with Crippen LogP contribution in [0.15, 0.2) is 11.6 Å². The van der Waals surface area contributed by atoms with Crippen molar-refractivity contribution in [2.24, 2.45) is 5.41 Å². The van der Waals surface area contributed by atoms with Gasteiger partial charge in [-0.1, -0.05) is 6.08 Å². The van der Waals surface area contributed by atoms with Crippen LogP contribution in [-0.2, 0) is 14.3 Å². The molecule has 0 radical (unpaired) electrons. The van der Waals surface area contributed by atoms with Gasteiger partial charge in [0, 0.05) is 37.3 Å². The van der Waals surface area contributed by atoms with E-state index >= 15 is 0 Å². The molecular weight excluding hydrogens is 266 g/mol. The van der Waals surface area contributed by atoms with Crippen LogP contribution in [0.25, 0.3) is 0 Å². The summed E-state index contributed by atoms with van der Waals surface area (Å²) in [5, 5.41) is 0. The first kappa shape index (κ1) is 15.0. The summed E-state index contributed by atoms with van der Waals surface area (Å²) in [5.74, 6) is 0.257. The minimum Gasteiger partial charge on any atom is -0.381 e. The molecule has 1 amide bonds. The van der Waals surface area contributed by atoms with Gasteiger partial charge in [0.1, 0.15) is 0 Å². The SMILES string of the molecule is CCOCC12CCCOC1CCN(C(=O)C1=CCCC1)C2. The second kappa shape index (κ2) is 6.49. The van der Waals surface area contributed by atoms with Gasteiger partial charge in [-0.25, -0.2) is 0 Å². The maximum absolute atomic E-state index is 12.7. The van der Waals surface area contributed by atoms with Crippen molar-refractivity contribution >= 4 is 5.91 Å². The molecular formula is C17H27NO3. The fourth-order valence-corrected chi connectivity index (χ4v) is 4.05. The van der Waals surface area contributed by atoms with E-state index in [-0.39, 0.29) is 17.4 Å². The lowest BCUT2D eigenvalue weighted by Crippen LogP contribution is -2.58. The highest BCUT2D eigenvalue weighted by atomic mass is 16.5. The number of hydrogen-bond acceptors (Lipinski definition) is 3. The molecule has 0 bridgehead atoms. The lowest BCUT2D eigenvalue weighted by molar-refractivity contribution is -0.162. The summed E-state index contributed by atoms with van der Waals surface area (Å²) >= 11 is 0. The van der Waals surface area contributed by atoms with E-state index in [1.165, 1.54) is 0 Å². The molecule has 118 valence electrons. The molecule has 2 atom stereocenters. The summed E-state index contributed by atoms with van der Waals surface area (Å²) < 4.78 is 11.8. The third kappa shape index (κ3) is 3.02. The highest BCUT2D eigenvalue weighted by Gasteiger charge is 2.47. The monoisotopic (exact) mass is 293 g/mol. The predicted molar refractivity (Wildman–Crippen MR) is 81.0 cm³/mol. The standard InChI is InChI=1S/C17H27NO3/c1-2-20-13-17-9-5-11-21-15(17)8-10-18(12-17)16(19)14-6-3-4-7-14/h6,15H,2-5,7-13H2,1H3. The second-order valence-corrected chi connectivity index (χ2v) is 6.60. The van der Waals surface area contributed by atoms with Gasteiger partial charge >= 0.3 is 0 Å². The molecule has 0 aromatic carbocycles. The molecule has 0 spiro atoms. The van der Waals surface area contributed by atoms with Crippen LogP contribution in [0, 0.1) is 5.41 Å². The van der Waals surface area contributed by atoms with Crippen molar-refractivity contribution in [1.29, 1.82) is 0 Å². The molecule has 2 fully saturated rings. The average molecular weight is 293 g/mol. The van der Waals surface area contributed by atoms with E-state index in [1.807, 2.05) is 6.92 Å². The smallest absolute Gasteiger partial charge is 0.249 e.